The lowest BCUT2D eigenvalue weighted by atomic mass is 10.1. The van der Waals surface area contributed by atoms with Gasteiger partial charge in [-0.05, 0) is 31.9 Å². The summed E-state index contributed by atoms with van der Waals surface area (Å²) in [4.78, 5) is 10.0. The Bertz CT molecular complexity index is 180. The number of rotatable bonds is 7. The molecule has 13 heavy (non-hydrogen) atoms. The van der Waals surface area contributed by atoms with Gasteiger partial charge in [0, 0.05) is 0 Å². The minimum absolute atomic E-state index is 0.489. The zero-order chi connectivity index (χ0) is 10.1. The number of carboxylic acid groups (broad SMARTS) is 1. The van der Waals surface area contributed by atoms with Gasteiger partial charge in [0.2, 0.25) is 5.83 Å². The molecule has 0 fully saturated rings. The van der Waals surface area contributed by atoms with E-state index >= 15 is 0 Å². The van der Waals surface area contributed by atoms with Gasteiger partial charge in [-0.2, -0.15) is 4.39 Å². The van der Waals surface area contributed by atoms with Crippen molar-refractivity contribution in [3.63, 3.8) is 0 Å². The van der Waals surface area contributed by atoms with Crippen LogP contribution in [0.5, 0.6) is 0 Å². The molecule has 0 rings (SSSR count). The van der Waals surface area contributed by atoms with Crippen molar-refractivity contribution >= 4 is 5.97 Å². The van der Waals surface area contributed by atoms with Crippen molar-refractivity contribution in [2.24, 2.45) is 5.73 Å². The number of carboxylic acids is 1. The molecule has 0 aliphatic heterocycles. The predicted octanol–water partition coefficient (Wildman–Crippen LogP) is 1.83. The summed E-state index contributed by atoms with van der Waals surface area (Å²) in [6, 6.07) is 0. The second-order valence-corrected chi connectivity index (χ2v) is 2.85. The lowest BCUT2D eigenvalue weighted by Crippen LogP contribution is -1.97. The molecule has 0 radical (unpaired) electrons. The Balaban J connectivity index is 3.34. The average Bonchev–Trinajstić information content (AvgIpc) is 2.10. The number of unbranched alkanes of at least 4 members (excludes halogenated alkanes) is 4. The van der Waals surface area contributed by atoms with Crippen LogP contribution < -0.4 is 5.73 Å². The Kier molecular flexibility index (Phi) is 7.20. The molecule has 3 N–H and O–H groups in total. The molecule has 0 aromatic rings. The van der Waals surface area contributed by atoms with Gasteiger partial charge < -0.3 is 10.8 Å². The van der Waals surface area contributed by atoms with E-state index in [1.807, 2.05) is 0 Å². The minimum atomic E-state index is -1.48. The van der Waals surface area contributed by atoms with E-state index < -0.39 is 11.8 Å². The molecule has 0 amide bonds. The van der Waals surface area contributed by atoms with Gasteiger partial charge in [-0.3, -0.25) is 0 Å². The second kappa shape index (κ2) is 7.73. The summed E-state index contributed by atoms with van der Waals surface area (Å²) in [5, 5.41) is 8.16. The summed E-state index contributed by atoms with van der Waals surface area (Å²) >= 11 is 0. The van der Waals surface area contributed by atoms with Crippen LogP contribution >= 0.6 is 0 Å². The second-order valence-electron chi connectivity index (χ2n) is 2.85. The third-order valence-corrected chi connectivity index (χ3v) is 1.69. The van der Waals surface area contributed by atoms with Gasteiger partial charge in [-0.1, -0.05) is 12.8 Å². The van der Waals surface area contributed by atoms with Crippen LogP contribution in [0.15, 0.2) is 11.9 Å². The third kappa shape index (κ3) is 7.46. The molecule has 0 saturated carbocycles. The molecule has 0 spiro atoms. The fourth-order valence-electron chi connectivity index (χ4n) is 0.958. The van der Waals surface area contributed by atoms with E-state index in [1.165, 1.54) is 0 Å². The number of halogens is 1. The minimum Gasteiger partial charge on any atom is -0.476 e. The lowest BCUT2D eigenvalue weighted by molar-refractivity contribution is -0.134. The fourth-order valence-corrected chi connectivity index (χ4v) is 0.958. The summed E-state index contributed by atoms with van der Waals surface area (Å²) in [7, 11) is 0. The first-order valence-corrected chi connectivity index (χ1v) is 4.47. The standard InChI is InChI=1S/C9H16FNO2/c10-8(9(12)13)6-4-2-1-3-5-7-11/h6H,1-5,7,11H2,(H,12,13). The van der Waals surface area contributed by atoms with E-state index in [-0.39, 0.29) is 0 Å². The van der Waals surface area contributed by atoms with Crippen LogP contribution in [0, 0.1) is 0 Å². The average molecular weight is 189 g/mol. The first-order chi connectivity index (χ1) is 6.18. The largest absolute Gasteiger partial charge is 0.476 e. The molecular weight excluding hydrogens is 173 g/mol. The van der Waals surface area contributed by atoms with E-state index in [1.54, 1.807) is 0 Å². The summed E-state index contributed by atoms with van der Waals surface area (Å²) < 4.78 is 12.3. The maximum absolute atomic E-state index is 12.3. The van der Waals surface area contributed by atoms with Crippen LogP contribution in [0.2, 0.25) is 0 Å². The molecule has 0 saturated heterocycles. The molecule has 0 aromatic heterocycles. The molecule has 0 atom stereocenters. The van der Waals surface area contributed by atoms with Crippen LogP contribution in [0.25, 0.3) is 0 Å². The van der Waals surface area contributed by atoms with Crippen molar-refractivity contribution in [2.45, 2.75) is 32.1 Å². The highest BCUT2D eigenvalue weighted by molar-refractivity contribution is 5.83. The number of allylic oxidation sites excluding steroid dienone is 1. The molecule has 0 heterocycles. The van der Waals surface area contributed by atoms with Gasteiger partial charge in [0.1, 0.15) is 0 Å². The number of carbonyl (C=O) groups is 1. The zero-order valence-corrected chi connectivity index (χ0v) is 7.63. The number of hydrogen-bond donors (Lipinski definition) is 2. The normalized spacial score (nSPS) is 11.7. The van der Waals surface area contributed by atoms with E-state index in [2.05, 4.69) is 0 Å². The Morgan fingerprint density at radius 2 is 1.92 bits per heavy atom. The van der Waals surface area contributed by atoms with Crippen LogP contribution in [-0.2, 0) is 4.79 Å². The van der Waals surface area contributed by atoms with Gasteiger partial charge in [0.05, 0.1) is 0 Å². The van der Waals surface area contributed by atoms with Gasteiger partial charge in [0.15, 0.2) is 0 Å². The van der Waals surface area contributed by atoms with Crippen LogP contribution in [0.3, 0.4) is 0 Å². The van der Waals surface area contributed by atoms with E-state index in [4.69, 9.17) is 10.8 Å². The van der Waals surface area contributed by atoms with Crippen LogP contribution in [0.1, 0.15) is 32.1 Å². The highest BCUT2D eigenvalue weighted by atomic mass is 19.1. The maximum atomic E-state index is 12.3. The third-order valence-electron chi connectivity index (χ3n) is 1.69. The van der Waals surface area contributed by atoms with Gasteiger partial charge >= 0.3 is 5.97 Å². The van der Waals surface area contributed by atoms with Crippen molar-refractivity contribution < 1.29 is 14.3 Å². The van der Waals surface area contributed by atoms with E-state index in [0.29, 0.717) is 13.0 Å². The maximum Gasteiger partial charge on any atom is 0.364 e. The quantitative estimate of drug-likeness (QED) is 0.474. The molecule has 4 heteroatoms. The monoisotopic (exact) mass is 189 g/mol. The number of hydrogen-bond acceptors (Lipinski definition) is 2. The summed E-state index contributed by atoms with van der Waals surface area (Å²) in [5.41, 5.74) is 5.28. The molecule has 0 unspecified atom stereocenters. The Morgan fingerprint density at radius 3 is 2.46 bits per heavy atom. The van der Waals surface area contributed by atoms with E-state index in [9.17, 15) is 9.18 Å². The number of aliphatic carboxylic acids is 1. The van der Waals surface area contributed by atoms with Crippen molar-refractivity contribution in [3.8, 4) is 0 Å². The predicted molar refractivity (Wildman–Crippen MR) is 49.0 cm³/mol. The fraction of sp³-hybridized carbons (Fsp3) is 0.667. The summed E-state index contributed by atoms with van der Waals surface area (Å²) in [6.45, 7) is 0.680. The summed E-state index contributed by atoms with van der Waals surface area (Å²) in [5.74, 6) is -2.54. The molecule has 3 nitrogen and oxygen atoms in total. The van der Waals surface area contributed by atoms with Crippen molar-refractivity contribution in [2.75, 3.05) is 6.54 Å². The first-order valence-electron chi connectivity index (χ1n) is 4.47. The molecule has 0 aliphatic carbocycles. The SMILES string of the molecule is NCCCCCCC=C(F)C(=O)O. The molecule has 0 aliphatic rings. The lowest BCUT2D eigenvalue weighted by Gasteiger charge is -1.96. The van der Waals surface area contributed by atoms with Gasteiger partial charge in [0.25, 0.3) is 0 Å². The van der Waals surface area contributed by atoms with Crippen molar-refractivity contribution in [3.05, 3.63) is 11.9 Å². The van der Waals surface area contributed by atoms with Gasteiger partial charge in [-0.15, -0.1) is 0 Å². The molecular formula is C9H16FNO2. The highest BCUT2D eigenvalue weighted by Gasteiger charge is 2.02. The Hall–Kier alpha value is -0.900. The zero-order valence-electron chi connectivity index (χ0n) is 7.63. The van der Waals surface area contributed by atoms with Crippen LogP contribution in [0.4, 0.5) is 4.39 Å². The van der Waals surface area contributed by atoms with Gasteiger partial charge in [-0.25, -0.2) is 4.79 Å². The molecule has 0 bridgehead atoms. The first kappa shape index (κ1) is 12.1. The van der Waals surface area contributed by atoms with Crippen molar-refractivity contribution in [1.82, 2.24) is 0 Å². The van der Waals surface area contributed by atoms with Crippen molar-refractivity contribution in [1.29, 1.82) is 0 Å². The van der Waals surface area contributed by atoms with E-state index in [0.717, 1.165) is 31.8 Å². The summed E-state index contributed by atoms with van der Waals surface area (Å²) in [6.07, 6.45) is 5.40. The Labute approximate surface area is 77.4 Å². The Morgan fingerprint density at radius 1 is 1.31 bits per heavy atom. The number of nitrogens with two attached hydrogens (primary N) is 1. The topological polar surface area (TPSA) is 63.3 Å². The van der Waals surface area contributed by atoms with Crippen LogP contribution in [-0.4, -0.2) is 17.6 Å². The molecule has 0 aromatic carbocycles. The molecule has 76 valence electrons. The smallest absolute Gasteiger partial charge is 0.364 e. The highest BCUT2D eigenvalue weighted by Crippen LogP contribution is 2.06.